The molecule has 194 valence electrons. The number of thioether (sulfide) groups is 1. The van der Waals surface area contributed by atoms with Crippen molar-refractivity contribution < 1.29 is 38.6 Å². The Hall–Kier alpha value is -3.75. The molecule has 3 rings (SSSR count). The number of nitrogens with zero attached hydrogens (tertiary/aromatic N) is 4. The van der Waals surface area contributed by atoms with E-state index in [9.17, 15) is 33.9 Å². The van der Waals surface area contributed by atoms with E-state index in [1.807, 2.05) is 0 Å². The first kappa shape index (κ1) is 26.8. The van der Waals surface area contributed by atoms with Crippen molar-refractivity contribution in [3.8, 4) is 0 Å². The number of rotatable bonds is 9. The number of carboxylic acid groups (broad SMARTS) is 1. The zero-order valence-corrected chi connectivity index (χ0v) is 20.2. The number of hydrogen-bond donors (Lipinski definition) is 3. The molecule has 2 saturated heterocycles. The van der Waals surface area contributed by atoms with Crippen molar-refractivity contribution in [2.75, 3.05) is 19.4 Å². The Morgan fingerprint density at radius 2 is 1.94 bits per heavy atom. The highest BCUT2D eigenvalue weighted by molar-refractivity contribution is 7.99. The molecule has 3 atom stereocenters. The molecule has 0 spiro atoms. The number of alkyl carbamates (subject to hydrolysis) is 1. The Bertz CT molecular complexity index is 1020. The number of carboxylic acids is 1. The fourth-order valence-corrected chi connectivity index (χ4v) is 4.63. The molecule has 3 heterocycles. The topological polar surface area (TPSA) is 188 Å². The van der Waals surface area contributed by atoms with Crippen molar-refractivity contribution in [1.29, 1.82) is 0 Å². The quantitative estimate of drug-likeness (QED) is 0.276. The molecule has 1 aromatic rings. The average Bonchev–Trinajstić information content (AvgIpc) is 2.99. The number of carbonyl (C=O) groups is 6. The maximum Gasteiger partial charge on any atom is 0.407 e. The Kier molecular flexibility index (Phi) is 9.16. The summed E-state index contributed by atoms with van der Waals surface area (Å²) in [6.07, 6.45) is 2.02. The minimum Gasteiger partial charge on any atom is -0.481 e. The van der Waals surface area contributed by atoms with Crippen molar-refractivity contribution >= 4 is 47.3 Å². The van der Waals surface area contributed by atoms with E-state index in [0.717, 1.165) is 23.9 Å². The molecular formula is C21H26N6O8S. The summed E-state index contributed by atoms with van der Waals surface area (Å²) in [7, 11) is 1.13. The number of aromatic nitrogens is 2. The molecular weight excluding hydrogens is 496 g/mol. The predicted molar refractivity (Wildman–Crippen MR) is 122 cm³/mol. The van der Waals surface area contributed by atoms with Crippen LogP contribution in [-0.2, 0) is 28.7 Å². The number of hydrogen-bond acceptors (Lipinski definition) is 10. The number of carbonyl (C=O) groups excluding carboxylic acids is 5. The Balaban J connectivity index is 1.76. The molecule has 0 saturated carbocycles. The van der Waals surface area contributed by atoms with Crippen molar-refractivity contribution in [1.82, 2.24) is 30.6 Å². The van der Waals surface area contributed by atoms with E-state index >= 15 is 0 Å². The molecule has 2 aliphatic rings. The van der Waals surface area contributed by atoms with Crippen LogP contribution in [0.4, 0.5) is 4.79 Å². The lowest BCUT2D eigenvalue weighted by molar-refractivity contribution is -0.176. The molecule has 0 bridgehead atoms. The van der Waals surface area contributed by atoms with Gasteiger partial charge in [0.2, 0.25) is 11.8 Å². The summed E-state index contributed by atoms with van der Waals surface area (Å²) in [4.78, 5) is 83.0. The van der Waals surface area contributed by atoms with Gasteiger partial charge in [0.05, 0.1) is 25.3 Å². The molecule has 0 aromatic carbocycles. The molecule has 2 fully saturated rings. The number of nitrogens with one attached hydrogen (secondary N) is 2. The molecule has 0 aliphatic carbocycles. The van der Waals surface area contributed by atoms with Crippen LogP contribution in [0.3, 0.4) is 0 Å². The number of methoxy groups -OCH3 is 1. The summed E-state index contributed by atoms with van der Waals surface area (Å²) in [6, 6.07) is -2.04. The number of amides is 4. The van der Waals surface area contributed by atoms with Gasteiger partial charge >= 0.3 is 12.1 Å². The predicted octanol–water partition coefficient (Wildman–Crippen LogP) is -0.650. The van der Waals surface area contributed by atoms with Crippen LogP contribution in [0.1, 0.15) is 32.1 Å². The minimum atomic E-state index is -1.37. The molecule has 15 heteroatoms. The molecule has 3 N–H and O–H groups in total. The second kappa shape index (κ2) is 12.3. The smallest absolute Gasteiger partial charge is 0.407 e. The summed E-state index contributed by atoms with van der Waals surface area (Å²) < 4.78 is 4.55. The van der Waals surface area contributed by atoms with Crippen molar-refractivity contribution in [2.45, 2.75) is 55.4 Å². The molecule has 4 amide bonds. The highest BCUT2D eigenvalue weighted by Crippen LogP contribution is 2.25. The van der Waals surface area contributed by atoms with Gasteiger partial charge in [-0.3, -0.25) is 29.0 Å². The summed E-state index contributed by atoms with van der Waals surface area (Å²) in [6.45, 7) is 0.199. The number of Topliss-reactive ketones (excluding diaryl/α,β-unsaturated/α-hetero) is 1. The van der Waals surface area contributed by atoms with Gasteiger partial charge in [-0.05, 0) is 25.3 Å². The highest BCUT2D eigenvalue weighted by atomic mass is 32.2. The number of hydrazine groups is 1. The lowest BCUT2D eigenvalue weighted by Crippen LogP contribution is -2.64. The third-order valence-electron chi connectivity index (χ3n) is 5.61. The first-order valence-electron chi connectivity index (χ1n) is 11.1. The summed E-state index contributed by atoms with van der Waals surface area (Å²) in [5.41, 5.74) is 0. The van der Waals surface area contributed by atoms with E-state index in [1.54, 1.807) is 6.07 Å². The summed E-state index contributed by atoms with van der Waals surface area (Å²) >= 11 is 0.991. The monoisotopic (exact) mass is 522 g/mol. The zero-order valence-electron chi connectivity index (χ0n) is 19.4. The fraction of sp³-hybridized carbons (Fsp3) is 0.524. The van der Waals surface area contributed by atoms with E-state index in [1.165, 1.54) is 17.4 Å². The molecule has 36 heavy (non-hydrogen) atoms. The standard InChI is InChI=1S/C21H26N6O8S/c1-35-21(34)25-12-5-6-16(29)26-9-2-4-14(27(26)19(12)33)18(32)24-13(10-17(30)31)15(28)11-36-20-22-7-3-8-23-20/h3,7-8,12-14H,2,4-6,9-11H2,1H3,(H,24,32)(H,25,34)(H,30,31)/t12-,13-,14-/m0/s1. The number of ketones is 1. The lowest BCUT2D eigenvalue weighted by Gasteiger charge is -2.43. The van der Waals surface area contributed by atoms with Crippen LogP contribution < -0.4 is 10.6 Å². The van der Waals surface area contributed by atoms with E-state index < -0.39 is 60.1 Å². The normalized spacial score (nSPS) is 20.6. The molecule has 0 radical (unpaired) electrons. The molecule has 14 nitrogen and oxygen atoms in total. The van der Waals surface area contributed by atoms with Crippen LogP contribution in [0.2, 0.25) is 0 Å². The number of aliphatic carboxylic acids is 1. The Morgan fingerprint density at radius 3 is 2.61 bits per heavy atom. The molecule has 0 unspecified atom stereocenters. The van der Waals surface area contributed by atoms with Crippen molar-refractivity contribution in [2.24, 2.45) is 0 Å². The maximum absolute atomic E-state index is 13.3. The van der Waals surface area contributed by atoms with Crippen LogP contribution >= 0.6 is 11.8 Å². The van der Waals surface area contributed by atoms with Crippen LogP contribution in [-0.4, -0.2) is 98.2 Å². The van der Waals surface area contributed by atoms with Crippen LogP contribution in [0, 0.1) is 0 Å². The van der Waals surface area contributed by atoms with Crippen LogP contribution in [0.25, 0.3) is 0 Å². The van der Waals surface area contributed by atoms with Gasteiger partial charge in [0.15, 0.2) is 10.9 Å². The molecule has 1 aromatic heterocycles. The van der Waals surface area contributed by atoms with Gasteiger partial charge in [0, 0.05) is 25.4 Å². The second-order valence-corrected chi connectivity index (χ2v) is 8.97. The van der Waals surface area contributed by atoms with E-state index in [4.69, 9.17) is 0 Å². The van der Waals surface area contributed by atoms with Gasteiger partial charge in [-0.15, -0.1) is 0 Å². The average molecular weight is 523 g/mol. The van der Waals surface area contributed by atoms with Gasteiger partial charge in [-0.2, -0.15) is 0 Å². The molecule has 2 aliphatic heterocycles. The minimum absolute atomic E-state index is 0.0208. The van der Waals surface area contributed by atoms with Gasteiger partial charge in [-0.1, -0.05) is 11.8 Å². The van der Waals surface area contributed by atoms with Gasteiger partial charge < -0.3 is 20.5 Å². The number of fused-ring (bicyclic) bond motifs is 1. The van der Waals surface area contributed by atoms with E-state index in [-0.39, 0.29) is 31.6 Å². The Labute approximate surface area is 210 Å². The lowest BCUT2D eigenvalue weighted by atomic mass is 10.0. The zero-order chi connectivity index (χ0) is 26.2. The SMILES string of the molecule is COC(=O)N[C@H]1CCC(=O)N2CCC[C@@H](C(=O)N[C@@H](CC(=O)O)C(=O)CSc3ncccn3)N2C1=O. The largest absolute Gasteiger partial charge is 0.481 e. The first-order valence-corrected chi connectivity index (χ1v) is 12.1. The third kappa shape index (κ3) is 6.68. The fourth-order valence-electron chi connectivity index (χ4n) is 3.89. The Morgan fingerprint density at radius 1 is 1.22 bits per heavy atom. The van der Waals surface area contributed by atoms with Gasteiger partial charge in [0.25, 0.3) is 5.91 Å². The van der Waals surface area contributed by atoms with Crippen LogP contribution in [0.5, 0.6) is 0 Å². The van der Waals surface area contributed by atoms with Crippen LogP contribution in [0.15, 0.2) is 23.6 Å². The number of ether oxygens (including phenoxy) is 1. The maximum atomic E-state index is 13.3. The van der Waals surface area contributed by atoms with Crippen molar-refractivity contribution in [3.63, 3.8) is 0 Å². The first-order chi connectivity index (χ1) is 17.2. The van der Waals surface area contributed by atoms with Crippen molar-refractivity contribution in [3.05, 3.63) is 18.5 Å². The van der Waals surface area contributed by atoms with Gasteiger partial charge in [-0.25, -0.2) is 19.8 Å². The van der Waals surface area contributed by atoms with E-state index in [2.05, 4.69) is 25.3 Å². The summed E-state index contributed by atoms with van der Waals surface area (Å²) in [5.74, 6) is -3.91. The third-order valence-corrected chi connectivity index (χ3v) is 6.51. The summed E-state index contributed by atoms with van der Waals surface area (Å²) in [5, 5.41) is 16.6. The highest BCUT2D eigenvalue weighted by Gasteiger charge is 2.45. The second-order valence-electron chi connectivity index (χ2n) is 8.03. The van der Waals surface area contributed by atoms with E-state index in [0.29, 0.717) is 11.6 Å². The van der Waals surface area contributed by atoms with Gasteiger partial charge in [0.1, 0.15) is 12.1 Å².